The molecule has 0 saturated heterocycles. The van der Waals surface area contributed by atoms with Crippen molar-refractivity contribution in [2.45, 2.75) is 12.3 Å². The molecule has 0 bridgehead atoms. The van der Waals surface area contributed by atoms with Gasteiger partial charge in [-0.15, -0.1) is 0 Å². The van der Waals surface area contributed by atoms with Gasteiger partial charge in [0.2, 0.25) is 0 Å². The van der Waals surface area contributed by atoms with Crippen molar-refractivity contribution in [2.75, 3.05) is 20.3 Å². The van der Waals surface area contributed by atoms with Gasteiger partial charge in [0.05, 0.1) is 13.5 Å². The fraction of sp³-hybridized carbons (Fsp3) is 0.185. The minimum atomic E-state index is -0.408. The van der Waals surface area contributed by atoms with E-state index < -0.39 is 5.92 Å². The third kappa shape index (κ3) is 3.28. The van der Waals surface area contributed by atoms with Gasteiger partial charge < -0.3 is 23.4 Å². The highest BCUT2D eigenvalue weighted by Gasteiger charge is 2.34. The zero-order valence-electron chi connectivity index (χ0n) is 18.3. The second-order valence-electron chi connectivity index (χ2n) is 8.17. The third-order valence-electron chi connectivity index (χ3n) is 6.16. The zero-order chi connectivity index (χ0) is 23.2. The highest BCUT2D eigenvalue weighted by Crippen LogP contribution is 2.47. The van der Waals surface area contributed by atoms with Crippen molar-refractivity contribution >= 4 is 16.9 Å². The number of carbonyl (C=O) groups is 1. The lowest BCUT2D eigenvalue weighted by Crippen LogP contribution is -2.22. The van der Waals surface area contributed by atoms with Crippen molar-refractivity contribution < 1.29 is 28.2 Å². The number of carbonyl (C=O) groups excluding carboxylic acids is 1. The van der Waals surface area contributed by atoms with E-state index in [1.165, 1.54) is 13.2 Å². The Morgan fingerprint density at radius 3 is 2.47 bits per heavy atom. The molecule has 0 radical (unpaired) electrons. The van der Waals surface area contributed by atoms with Crippen LogP contribution in [0.3, 0.4) is 0 Å². The molecule has 0 fully saturated rings. The van der Waals surface area contributed by atoms with Crippen LogP contribution in [0.1, 0.15) is 23.5 Å². The molecular weight excluding hydrogens is 436 g/mol. The average molecular weight is 456 g/mol. The standard InChI is InChI=1S/C27H20O7/c1-30-22-14-23-25(27-26(22)18(28)13-20(34-27)15-5-3-2-4-6-15)17(12-24(29)33-23)16-7-8-19-21(11-16)32-10-9-31-19/h2-8,11,13-14,17H,9-10,12H2,1H3/t17-/m1/s1. The molecule has 0 spiro atoms. The van der Waals surface area contributed by atoms with Gasteiger partial charge >= 0.3 is 5.97 Å². The molecule has 0 amide bonds. The van der Waals surface area contributed by atoms with E-state index in [2.05, 4.69) is 0 Å². The Labute approximate surface area is 194 Å². The van der Waals surface area contributed by atoms with Crippen LogP contribution in [0.15, 0.2) is 69.9 Å². The van der Waals surface area contributed by atoms with Gasteiger partial charge in [-0.2, -0.15) is 0 Å². The lowest BCUT2D eigenvalue weighted by molar-refractivity contribution is -0.135. The first kappa shape index (κ1) is 20.4. The second kappa shape index (κ2) is 7.95. The molecule has 0 N–H and O–H groups in total. The fourth-order valence-corrected chi connectivity index (χ4v) is 4.61. The lowest BCUT2D eigenvalue weighted by atomic mass is 9.85. The second-order valence-corrected chi connectivity index (χ2v) is 8.17. The maximum Gasteiger partial charge on any atom is 0.312 e. The number of methoxy groups -OCH3 is 1. The molecule has 3 heterocycles. The van der Waals surface area contributed by atoms with Gasteiger partial charge in [0.15, 0.2) is 16.9 Å². The molecule has 2 aliphatic rings. The molecule has 170 valence electrons. The lowest BCUT2D eigenvalue weighted by Gasteiger charge is -2.27. The normalized spacial score (nSPS) is 16.6. The predicted octanol–water partition coefficient (Wildman–Crippen LogP) is 4.68. The maximum absolute atomic E-state index is 13.3. The number of rotatable bonds is 3. The fourth-order valence-electron chi connectivity index (χ4n) is 4.61. The molecule has 0 saturated carbocycles. The van der Waals surface area contributed by atoms with Gasteiger partial charge in [0, 0.05) is 29.2 Å². The van der Waals surface area contributed by atoms with Crippen LogP contribution in [-0.4, -0.2) is 26.3 Å². The van der Waals surface area contributed by atoms with Crippen LogP contribution in [0.5, 0.6) is 23.0 Å². The van der Waals surface area contributed by atoms with Gasteiger partial charge in [-0.1, -0.05) is 36.4 Å². The molecule has 0 aliphatic carbocycles. The Balaban J connectivity index is 1.62. The van der Waals surface area contributed by atoms with Crippen LogP contribution in [0.2, 0.25) is 0 Å². The zero-order valence-corrected chi connectivity index (χ0v) is 18.3. The Morgan fingerprint density at radius 2 is 1.68 bits per heavy atom. The molecular formula is C27H20O7. The molecule has 2 aliphatic heterocycles. The minimum absolute atomic E-state index is 0.0906. The van der Waals surface area contributed by atoms with Gasteiger partial charge in [0.25, 0.3) is 0 Å². The Morgan fingerprint density at radius 1 is 0.882 bits per heavy atom. The number of esters is 1. The summed E-state index contributed by atoms with van der Waals surface area (Å²) in [6, 6.07) is 18.0. The van der Waals surface area contributed by atoms with Gasteiger partial charge in [-0.05, 0) is 17.7 Å². The summed E-state index contributed by atoms with van der Waals surface area (Å²) in [4.78, 5) is 25.8. The third-order valence-corrected chi connectivity index (χ3v) is 6.16. The van der Waals surface area contributed by atoms with Crippen LogP contribution in [0, 0.1) is 0 Å². The SMILES string of the molecule is COc1cc2c(c3oc(-c4ccccc4)cc(=O)c13)[C@@H](c1ccc3c(c1)OCCO3)CC(=O)O2. The van der Waals surface area contributed by atoms with Gasteiger partial charge in [-0.25, -0.2) is 0 Å². The van der Waals surface area contributed by atoms with Crippen LogP contribution in [0.25, 0.3) is 22.3 Å². The summed E-state index contributed by atoms with van der Waals surface area (Å²) in [5.74, 6) is 1.52. The molecule has 7 nitrogen and oxygen atoms in total. The minimum Gasteiger partial charge on any atom is -0.496 e. The van der Waals surface area contributed by atoms with Crippen molar-refractivity contribution in [2.24, 2.45) is 0 Å². The maximum atomic E-state index is 13.3. The van der Waals surface area contributed by atoms with Crippen molar-refractivity contribution in [3.05, 3.63) is 82.0 Å². The van der Waals surface area contributed by atoms with Crippen molar-refractivity contribution in [3.63, 3.8) is 0 Å². The van der Waals surface area contributed by atoms with E-state index in [1.807, 2.05) is 48.5 Å². The number of hydrogen-bond donors (Lipinski definition) is 0. The molecule has 34 heavy (non-hydrogen) atoms. The van der Waals surface area contributed by atoms with E-state index in [0.717, 1.165) is 11.1 Å². The number of ether oxygens (including phenoxy) is 4. The van der Waals surface area contributed by atoms with E-state index in [-0.39, 0.29) is 23.6 Å². The highest BCUT2D eigenvalue weighted by molar-refractivity contribution is 5.93. The highest BCUT2D eigenvalue weighted by atomic mass is 16.6. The van der Waals surface area contributed by atoms with Crippen LogP contribution < -0.4 is 24.4 Å². The van der Waals surface area contributed by atoms with Crippen LogP contribution >= 0.6 is 0 Å². The predicted molar refractivity (Wildman–Crippen MR) is 124 cm³/mol. The summed E-state index contributed by atoms with van der Waals surface area (Å²) in [7, 11) is 1.47. The summed E-state index contributed by atoms with van der Waals surface area (Å²) >= 11 is 0. The molecule has 1 aromatic heterocycles. The number of benzene rings is 3. The summed E-state index contributed by atoms with van der Waals surface area (Å²) in [5.41, 5.74) is 2.33. The Bertz CT molecular complexity index is 1490. The van der Waals surface area contributed by atoms with Gasteiger partial charge in [-0.3, -0.25) is 9.59 Å². The van der Waals surface area contributed by atoms with Crippen molar-refractivity contribution in [3.8, 4) is 34.3 Å². The Kier molecular flexibility index (Phi) is 4.76. The average Bonchev–Trinajstić information content (AvgIpc) is 2.87. The molecule has 6 rings (SSSR count). The van der Waals surface area contributed by atoms with E-state index in [9.17, 15) is 9.59 Å². The largest absolute Gasteiger partial charge is 0.496 e. The van der Waals surface area contributed by atoms with E-state index in [4.69, 9.17) is 23.4 Å². The first-order valence-corrected chi connectivity index (χ1v) is 11.0. The monoisotopic (exact) mass is 456 g/mol. The summed E-state index contributed by atoms with van der Waals surface area (Å²) in [6.07, 6.45) is 0.0906. The van der Waals surface area contributed by atoms with Crippen molar-refractivity contribution in [1.29, 1.82) is 0 Å². The van der Waals surface area contributed by atoms with Crippen molar-refractivity contribution in [1.82, 2.24) is 0 Å². The van der Waals surface area contributed by atoms with E-state index >= 15 is 0 Å². The number of fused-ring (bicyclic) bond motifs is 4. The summed E-state index contributed by atoms with van der Waals surface area (Å²) in [5, 5.41) is 0.307. The topological polar surface area (TPSA) is 84.2 Å². The van der Waals surface area contributed by atoms with E-state index in [0.29, 0.717) is 52.8 Å². The van der Waals surface area contributed by atoms with Gasteiger partial charge in [0.1, 0.15) is 41.4 Å². The molecule has 3 aromatic carbocycles. The van der Waals surface area contributed by atoms with Crippen LogP contribution in [0.4, 0.5) is 0 Å². The quantitative estimate of drug-likeness (QED) is 0.327. The number of hydrogen-bond acceptors (Lipinski definition) is 7. The molecule has 0 unspecified atom stereocenters. The van der Waals surface area contributed by atoms with Crippen LogP contribution in [-0.2, 0) is 4.79 Å². The Hall–Kier alpha value is -4.26. The first-order chi connectivity index (χ1) is 16.6. The summed E-state index contributed by atoms with van der Waals surface area (Å²) in [6.45, 7) is 0.942. The molecule has 7 heteroatoms. The molecule has 4 aromatic rings. The summed E-state index contributed by atoms with van der Waals surface area (Å²) < 4.78 is 28.8. The van der Waals surface area contributed by atoms with E-state index in [1.54, 1.807) is 6.07 Å². The molecule has 1 atom stereocenters. The smallest absolute Gasteiger partial charge is 0.312 e. The first-order valence-electron chi connectivity index (χ1n) is 11.0.